The van der Waals surface area contributed by atoms with E-state index in [9.17, 15) is 9.18 Å². The maximum Gasteiger partial charge on any atom is 0.282 e. The van der Waals surface area contributed by atoms with Gasteiger partial charge in [-0.1, -0.05) is 6.58 Å². The molecular weight excluding hydrogens is 209 g/mol. The molecule has 0 saturated heterocycles. The number of rotatable bonds is 1. The van der Waals surface area contributed by atoms with Crippen molar-refractivity contribution >= 4 is 5.91 Å². The highest BCUT2D eigenvalue weighted by molar-refractivity contribution is 5.91. The Labute approximate surface area is 93.3 Å². The van der Waals surface area contributed by atoms with Crippen molar-refractivity contribution in [3.8, 4) is 0 Å². The average Bonchev–Trinajstić information content (AvgIpc) is 2.71. The van der Waals surface area contributed by atoms with Gasteiger partial charge >= 0.3 is 0 Å². The molecule has 0 saturated carbocycles. The van der Waals surface area contributed by atoms with Crippen LogP contribution in [0.2, 0.25) is 0 Å². The molecule has 2 unspecified atom stereocenters. The van der Waals surface area contributed by atoms with Gasteiger partial charge in [-0.2, -0.15) is 5.10 Å². The first kappa shape index (κ1) is 10.9. The Kier molecular flexibility index (Phi) is 2.53. The summed E-state index contributed by atoms with van der Waals surface area (Å²) in [5.74, 6) is -1.54. The SMILES string of the molecule is C=C(F)C(=O)N1CC(C)n2nccc2C1C. The van der Waals surface area contributed by atoms with Crippen LogP contribution in [0.25, 0.3) is 0 Å². The average molecular weight is 223 g/mol. The highest BCUT2D eigenvalue weighted by atomic mass is 19.1. The van der Waals surface area contributed by atoms with Crippen LogP contribution in [0.4, 0.5) is 4.39 Å². The summed E-state index contributed by atoms with van der Waals surface area (Å²) in [5, 5.41) is 4.19. The van der Waals surface area contributed by atoms with E-state index in [1.165, 1.54) is 4.90 Å². The molecule has 1 aromatic rings. The van der Waals surface area contributed by atoms with E-state index in [-0.39, 0.29) is 12.1 Å². The molecule has 0 spiro atoms. The molecule has 1 aromatic heterocycles. The van der Waals surface area contributed by atoms with Gasteiger partial charge in [-0.25, -0.2) is 4.39 Å². The van der Waals surface area contributed by atoms with Crippen LogP contribution in [-0.4, -0.2) is 27.1 Å². The van der Waals surface area contributed by atoms with Crippen LogP contribution < -0.4 is 0 Å². The molecule has 4 nitrogen and oxygen atoms in total. The van der Waals surface area contributed by atoms with E-state index in [0.717, 1.165) is 5.69 Å². The molecule has 0 aliphatic carbocycles. The molecule has 2 atom stereocenters. The number of fused-ring (bicyclic) bond motifs is 1. The monoisotopic (exact) mass is 223 g/mol. The zero-order valence-corrected chi connectivity index (χ0v) is 9.35. The van der Waals surface area contributed by atoms with Gasteiger partial charge in [0.1, 0.15) is 0 Å². The van der Waals surface area contributed by atoms with Crippen molar-refractivity contribution in [1.82, 2.24) is 14.7 Å². The van der Waals surface area contributed by atoms with Crippen molar-refractivity contribution in [2.45, 2.75) is 25.9 Å². The zero-order valence-electron chi connectivity index (χ0n) is 9.35. The molecule has 16 heavy (non-hydrogen) atoms. The normalized spacial score (nSPS) is 24.1. The second-order valence-electron chi connectivity index (χ2n) is 4.09. The fourth-order valence-corrected chi connectivity index (χ4v) is 2.12. The third kappa shape index (κ3) is 1.52. The Morgan fingerprint density at radius 2 is 2.31 bits per heavy atom. The maximum absolute atomic E-state index is 12.9. The first-order chi connectivity index (χ1) is 7.52. The minimum Gasteiger partial charge on any atom is -0.326 e. The summed E-state index contributed by atoms with van der Waals surface area (Å²) in [6.07, 6.45) is 1.70. The number of halogens is 1. The smallest absolute Gasteiger partial charge is 0.282 e. The molecule has 2 heterocycles. The lowest BCUT2D eigenvalue weighted by Crippen LogP contribution is -2.43. The van der Waals surface area contributed by atoms with E-state index in [0.29, 0.717) is 6.54 Å². The largest absolute Gasteiger partial charge is 0.326 e. The molecule has 0 radical (unpaired) electrons. The van der Waals surface area contributed by atoms with Crippen molar-refractivity contribution in [3.63, 3.8) is 0 Å². The maximum atomic E-state index is 12.9. The van der Waals surface area contributed by atoms with Gasteiger partial charge in [0, 0.05) is 12.7 Å². The van der Waals surface area contributed by atoms with E-state index in [4.69, 9.17) is 0 Å². The summed E-state index contributed by atoms with van der Waals surface area (Å²) in [7, 11) is 0. The Morgan fingerprint density at radius 1 is 1.62 bits per heavy atom. The highest BCUT2D eigenvalue weighted by Crippen LogP contribution is 2.30. The quantitative estimate of drug-likeness (QED) is 0.681. The lowest BCUT2D eigenvalue weighted by atomic mass is 10.1. The standard InChI is InChI=1S/C11H14FN3O/c1-7-6-14(11(16)8(2)12)9(3)10-4-5-13-15(7)10/h4-5,7,9H,2,6H2,1,3H3. The van der Waals surface area contributed by atoms with Crippen LogP contribution in [-0.2, 0) is 4.79 Å². The predicted molar refractivity (Wildman–Crippen MR) is 57.3 cm³/mol. The Hall–Kier alpha value is -1.65. The molecule has 0 N–H and O–H groups in total. The van der Waals surface area contributed by atoms with Gasteiger partial charge in [-0.3, -0.25) is 9.48 Å². The lowest BCUT2D eigenvalue weighted by molar-refractivity contribution is -0.132. The third-order valence-corrected chi connectivity index (χ3v) is 2.97. The second-order valence-corrected chi connectivity index (χ2v) is 4.09. The summed E-state index contributed by atoms with van der Waals surface area (Å²) in [6.45, 7) is 7.32. The fourth-order valence-electron chi connectivity index (χ4n) is 2.12. The van der Waals surface area contributed by atoms with Crippen LogP contribution >= 0.6 is 0 Å². The van der Waals surface area contributed by atoms with E-state index >= 15 is 0 Å². The Balaban J connectivity index is 2.34. The van der Waals surface area contributed by atoms with E-state index in [1.807, 2.05) is 24.6 Å². The van der Waals surface area contributed by atoms with Gasteiger partial charge in [0.15, 0.2) is 5.83 Å². The topological polar surface area (TPSA) is 38.1 Å². The Bertz CT molecular complexity index is 440. The molecule has 1 aliphatic heterocycles. The first-order valence-corrected chi connectivity index (χ1v) is 5.21. The van der Waals surface area contributed by atoms with Crippen molar-refractivity contribution in [2.24, 2.45) is 0 Å². The van der Waals surface area contributed by atoms with E-state index in [2.05, 4.69) is 11.7 Å². The summed E-state index contributed by atoms with van der Waals surface area (Å²) < 4.78 is 14.7. The number of carbonyl (C=O) groups is 1. The van der Waals surface area contributed by atoms with Gasteiger partial charge < -0.3 is 4.90 Å². The number of nitrogens with zero attached hydrogens (tertiary/aromatic N) is 3. The molecule has 5 heteroatoms. The molecule has 0 bridgehead atoms. The second kappa shape index (κ2) is 3.73. The van der Waals surface area contributed by atoms with Crippen LogP contribution in [0.3, 0.4) is 0 Å². The lowest BCUT2D eigenvalue weighted by Gasteiger charge is -2.37. The minimum atomic E-state index is -0.910. The third-order valence-electron chi connectivity index (χ3n) is 2.97. The molecular formula is C11H14FN3O. The number of hydrogen-bond acceptors (Lipinski definition) is 2. The first-order valence-electron chi connectivity index (χ1n) is 5.21. The Morgan fingerprint density at radius 3 is 2.94 bits per heavy atom. The molecule has 1 amide bonds. The number of amides is 1. The van der Waals surface area contributed by atoms with Gasteiger partial charge in [0.05, 0.1) is 17.8 Å². The summed E-state index contributed by atoms with van der Waals surface area (Å²) in [6, 6.07) is 1.74. The van der Waals surface area contributed by atoms with Gasteiger partial charge in [-0.15, -0.1) is 0 Å². The van der Waals surface area contributed by atoms with Crippen molar-refractivity contribution in [3.05, 3.63) is 30.4 Å². The van der Waals surface area contributed by atoms with Crippen molar-refractivity contribution in [2.75, 3.05) is 6.54 Å². The fraction of sp³-hybridized carbons (Fsp3) is 0.455. The van der Waals surface area contributed by atoms with Crippen LogP contribution in [0.1, 0.15) is 31.6 Å². The highest BCUT2D eigenvalue weighted by Gasteiger charge is 2.32. The summed E-state index contributed by atoms with van der Waals surface area (Å²) >= 11 is 0. The van der Waals surface area contributed by atoms with Crippen molar-refractivity contribution < 1.29 is 9.18 Å². The summed E-state index contributed by atoms with van der Waals surface area (Å²) in [4.78, 5) is 13.1. The zero-order chi connectivity index (χ0) is 11.9. The van der Waals surface area contributed by atoms with E-state index < -0.39 is 11.7 Å². The van der Waals surface area contributed by atoms with Gasteiger partial charge in [-0.05, 0) is 19.9 Å². The van der Waals surface area contributed by atoms with Gasteiger partial charge in [0.2, 0.25) is 0 Å². The number of carbonyl (C=O) groups excluding carboxylic acids is 1. The van der Waals surface area contributed by atoms with Crippen LogP contribution in [0, 0.1) is 0 Å². The number of hydrogen-bond donors (Lipinski definition) is 0. The summed E-state index contributed by atoms with van der Waals surface area (Å²) in [5.41, 5.74) is 0.924. The predicted octanol–water partition coefficient (Wildman–Crippen LogP) is 1.83. The van der Waals surface area contributed by atoms with E-state index in [1.54, 1.807) is 6.20 Å². The van der Waals surface area contributed by atoms with Crippen molar-refractivity contribution in [1.29, 1.82) is 0 Å². The molecule has 1 aliphatic rings. The van der Waals surface area contributed by atoms with Crippen LogP contribution in [0.15, 0.2) is 24.7 Å². The van der Waals surface area contributed by atoms with Crippen LogP contribution in [0.5, 0.6) is 0 Å². The molecule has 86 valence electrons. The molecule has 0 aromatic carbocycles. The number of aromatic nitrogens is 2. The minimum absolute atomic E-state index is 0.0597. The molecule has 0 fully saturated rings. The molecule has 2 rings (SSSR count). The van der Waals surface area contributed by atoms with Gasteiger partial charge in [0.25, 0.3) is 5.91 Å².